The first-order valence-electron chi connectivity index (χ1n) is 5.30. The van der Waals surface area contributed by atoms with Crippen LogP contribution in [0.1, 0.15) is 12.5 Å². The van der Waals surface area contributed by atoms with Crippen molar-refractivity contribution in [3.8, 4) is 5.75 Å². The van der Waals surface area contributed by atoms with Crippen molar-refractivity contribution in [2.24, 2.45) is 0 Å². The Morgan fingerprint density at radius 1 is 1.56 bits per heavy atom. The van der Waals surface area contributed by atoms with Gasteiger partial charge in [0.05, 0.1) is 0 Å². The number of aryl methyl sites for hydroxylation is 1. The van der Waals surface area contributed by atoms with Gasteiger partial charge >= 0.3 is 5.97 Å². The van der Waals surface area contributed by atoms with Crippen molar-refractivity contribution in [2.75, 3.05) is 13.6 Å². The van der Waals surface area contributed by atoms with Gasteiger partial charge in [0.15, 0.2) is 0 Å². The molecule has 0 aromatic heterocycles. The second-order valence-electron chi connectivity index (χ2n) is 3.50. The molecule has 0 heterocycles. The lowest BCUT2D eigenvalue weighted by atomic mass is 10.2. The Hall–Kier alpha value is -1.55. The molecule has 1 aromatic carbocycles. The zero-order valence-corrected chi connectivity index (χ0v) is 9.56. The van der Waals surface area contributed by atoms with E-state index in [0.29, 0.717) is 5.75 Å². The molecule has 88 valence electrons. The number of carboxylic acids is 1. The van der Waals surface area contributed by atoms with Crippen molar-refractivity contribution in [1.82, 2.24) is 5.32 Å². The van der Waals surface area contributed by atoms with Crippen LogP contribution >= 0.6 is 0 Å². The number of carboxylic acid groups (broad SMARTS) is 1. The smallest absolute Gasteiger partial charge is 0.346 e. The van der Waals surface area contributed by atoms with Crippen molar-refractivity contribution in [1.29, 1.82) is 0 Å². The lowest BCUT2D eigenvalue weighted by molar-refractivity contribution is -0.144. The summed E-state index contributed by atoms with van der Waals surface area (Å²) >= 11 is 0. The van der Waals surface area contributed by atoms with Crippen molar-refractivity contribution in [3.63, 3.8) is 0 Å². The predicted molar refractivity (Wildman–Crippen MR) is 61.8 cm³/mol. The van der Waals surface area contributed by atoms with Crippen LogP contribution in [0.5, 0.6) is 5.75 Å². The van der Waals surface area contributed by atoms with Gasteiger partial charge < -0.3 is 15.2 Å². The lowest BCUT2D eigenvalue weighted by Gasteiger charge is -2.15. The van der Waals surface area contributed by atoms with E-state index in [1.54, 1.807) is 13.1 Å². The maximum Gasteiger partial charge on any atom is 0.346 e. The molecule has 0 fully saturated rings. The van der Waals surface area contributed by atoms with E-state index in [0.717, 1.165) is 12.0 Å². The number of hydrogen-bond acceptors (Lipinski definition) is 3. The quantitative estimate of drug-likeness (QED) is 0.763. The Morgan fingerprint density at radius 3 is 2.88 bits per heavy atom. The molecule has 1 aromatic rings. The summed E-state index contributed by atoms with van der Waals surface area (Å²) in [5.74, 6) is -0.363. The minimum atomic E-state index is -0.962. The van der Waals surface area contributed by atoms with Crippen molar-refractivity contribution in [3.05, 3.63) is 29.8 Å². The first-order chi connectivity index (χ1) is 7.67. The molecule has 0 amide bonds. The molecule has 1 atom stereocenters. The van der Waals surface area contributed by atoms with Gasteiger partial charge in [-0.3, -0.25) is 0 Å². The fourth-order valence-electron chi connectivity index (χ4n) is 1.37. The predicted octanol–water partition coefficient (Wildman–Crippen LogP) is 1.30. The summed E-state index contributed by atoms with van der Waals surface area (Å²) in [6, 6.07) is 7.49. The Morgan fingerprint density at radius 2 is 2.31 bits per heavy atom. The molecular formula is C12H17NO3. The average molecular weight is 223 g/mol. The first-order valence-corrected chi connectivity index (χ1v) is 5.30. The standard InChI is InChI=1S/C12H17NO3/c1-3-9-5-4-6-10(7-9)16-11(8-13-2)12(14)15/h4-7,11,13H,3,8H2,1-2H3,(H,14,15). The third kappa shape index (κ3) is 3.55. The molecular weight excluding hydrogens is 206 g/mol. The largest absolute Gasteiger partial charge is 0.478 e. The molecule has 0 aliphatic rings. The van der Waals surface area contributed by atoms with E-state index in [4.69, 9.17) is 9.84 Å². The van der Waals surface area contributed by atoms with Crippen LogP contribution in [0.3, 0.4) is 0 Å². The monoisotopic (exact) mass is 223 g/mol. The molecule has 0 aliphatic heterocycles. The number of aliphatic carboxylic acids is 1. The van der Waals surface area contributed by atoms with Crippen LogP contribution in [-0.4, -0.2) is 30.8 Å². The molecule has 4 heteroatoms. The van der Waals surface area contributed by atoms with Gasteiger partial charge in [-0.2, -0.15) is 0 Å². The zero-order chi connectivity index (χ0) is 12.0. The molecule has 16 heavy (non-hydrogen) atoms. The fourth-order valence-corrected chi connectivity index (χ4v) is 1.37. The molecule has 1 rings (SSSR count). The molecule has 0 spiro atoms. The molecule has 0 saturated carbocycles. The van der Waals surface area contributed by atoms with E-state index < -0.39 is 12.1 Å². The van der Waals surface area contributed by atoms with Crippen LogP contribution in [0.2, 0.25) is 0 Å². The molecule has 0 bridgehead atoms. The second-order valence-corrected chi connectivity index (χ2v) is 3.50. The summed E-state index contributed by atoms with van der Waals surface area (Å²) in [5.41, 5.74) is 1.13. The zero-order valence-electron chi connectivity index (χ0n) is 9.56. The SMILES string of the molecule is CCc1cccc(OC(CNC)C(=O)O)c1. The number of benzene rings is 1. The van der Waals surface area contributed by atoms with E-state index in [2.05, 4.69) is 5.32 Å². The molecule has 1 unspecified atom stereocenters. The Kier molecular flexibility index (Phi) is 4.79. The highest BCUT2D eigenvalue weighted by Crippen LogP contribution is 2.15. The van der Waals surface area contributed by atoms with Crippen LogP contribution in [0.25, 0.3) is 0 Å². The van der Waals surface area contributed by atoms with Crippen LogP contribution in [0.15, 0.2) is 24.3 Å². The van der Waals surface area contributed by atoms with Crippen LogP contribution in [-0.2, 0) is 11.2 Å². The van der Waals surface area contributed by atoms with Crippen molar-refractivity contribution >= 4 is 5.97 Å². The highest BCUT2D eigenvalue weighted by Gasteiger charge is 2.18. The van der Waals surface area contributed by atoms with Crippen LogP contribution < -0.4 is 10.1 Å². The number of ether oxygens (including phenoxy) is 1. The number of likely N-dealkylation sites (N-methyl/N-ethyl adjacent to an activating group) is 1. The van der Waals surface area contributed by atoms with E-state index in [9.17, 15) is 4.79 Å². The molecule has 2 N–H and O–H groups in total. The summed E-state index contributed by atoms with van der Waals surface area (Å²) in [4.78, 5) is 10.9. The Bertz CT molecular complexity index is 352. The average Bonchev–Trinajstić information content (AvgIpc) is 2.28. The number of rotatable bonds is 6. The van der Waals surface area contributed by atoms with Crippen molar-refractivity contribution in [2.45, 2.75) is 19.4 Å². The maximum absolute atomic E-state index is 10.9. The molecule has 0 radical (unpaired) electrons. The lowest BCUT2D eigenvalue weighted by Crippen LogP contribution is -2.36. The van der Waals surface area contributed by atoms with Gasteiger partial charge in [0.1, 0.15) is 5.75 Å². The number of hydrogen-bond donors (Lipinski definition) is 2. The highest BCUT2D eigenvalue weighted by atomic mass is 16.5. The van der Waals surface area contributed by atoms with E-state index in [1.807, 2.05) is 25.1 Å². The first kappa shape index (κ1) is 12.5. The highest BCUT2D eigenvalue weighted by molar-refractivity contribution is 5.73. The second kappa shape index (κ2) is 6.12. The van der Waals surface area contributed by atoms with Gasteiger partial charge in [0.2, 0.25) is 6.10 Å². The van der Waals surface area contributed by atoms with Gasteiger partial charge in [0, 0.05) is 6.54 Å². The summed E-state index contributed by atoms with van der Waals surface area (Å²) in [6.07, 6.45) is 0.0538. The molecule has 0 aliphatic carbocycles. The Labute approximate surface area is 95.2 Å². The minimum absolute atomic E-state index is 0.283. The summed E-state index contributed by atoms with van der Waals surface area (Å²) in [7, 11) is 1.70. The third-order valence-electron chi connectivity index (χ3n) is 2.25. The van der Waals surface area contributed by atoms with Gasteiger partial charge in [-0.15, -0.1) is 0 Å². The fraction of sp³-hybridized carbons (Fsp3) is 0.417. The number of nitrogens with one attached hydrogen (secondary N) is 1. The number of carbonyl (C=O) groups is 1. The molecule has 0 saturated heterocycles. The van der Waals surface area contributed by atoms with E-state index >= 15 is 0 Å². The maximum atomic E-state index is 10.9. The van der Waals surface area contributed by atoms with Gasteiger partial charge in [-0.1, -0.05) is 19.1 Å². The minimum Gasteiger partial charge on any atom is -0.478 e. The van der Waals surface area contributed by atoms with Gasteiger partial charge in [-0.05, 0) is 31.2 Å². The normalized spacial score (nSPS) is 12.1. The van der Waals surface area contributed by atoms with E-state index in [1.165, 1.54) is 0 Å². The summed E-state index contributed by atoms with van der Waals surface area (Å²) in [5, 5.41) is 11.7. The third-order valence-corrected chi connectivity index (χ3v) is 2.25. The Balaban J connectivity index is 2.72. The molecule has 4 nitrogen and oxygen atoms in total. The van der Waals surface area contributed by atoms with Crippen molar-refractivity contribution < 1.29 is 14.6 Å². The van der Waals surface area contributed by atoms with Gasteiger partial charge in [-0.25, -0.2) is 4.79 Å². The van der Waals surface area contributed by atoms with Crippen LogP contribution in [0, 0.1) is 0 Å². The summed E-state index contributed by atoms with van der Waals surface area (Å²) in [6.45, 7) is 2.33. The van der Waals surface area contributed by atoms with E-state index in [-0.39, 0.29) is 6.54 Å². The van der Waals surface area contributed by atoms with Gasteiger partial charge in [0.25, 0.3) is 0 Å². The summed E-state index contributed by atoms with van der Waals surface area (Å²) < 4.78 is 5.40. The van der Waals surface area contributed by atoms with Crippen LogP contribution in [0.4, 0.5) is 0 Å². The topological polar surface area (TPSA) is 58.6 Å².